The second kappa shape index (κ2) is 4.52. The third kappa shape index (κ3) is 2.02. The molecule has 0 saturated carbocycles. The molecule has 3 fully saturated rings. The summed E-state index contributed by atoms with van der Waals surface area (Å²) in [6.45, 7) is 7.39. The van der Waals surface area contributed by atoms with E-state index >= 15 is 0 Å². The first-order valence-corrected chi connectivity index (χ1v) is 7.21. The molecular formula is C14H25NO2. The minimum absolute atomic E-state index is 0.309. The Labute approximate surface area is 104 Å². The summed E-state index contributed by atoms with van der Waals surface area (Å²) in [6, 6.07) is 0.682. The monoisotopic (exact) mass is 239 g/mol. The predicted octanol–water partition coefficient (Wildman–Crippen LogP) is 2.20. The fourth-order valence-electron chi connectivity index (χ4n) is 3.98. The molecule has 3 saturated heterocycles. The van der Waals surface area contributed by atoms with Gasteiger partial charge in [-0.3, -0.25) is 4.90 Å². The molecule has 3 heteroatoms. The zero-order chi connectivity index (χ0) is 11.9. The highest BCUT2D eigenvalue weighted by molar-refractivity contribution is 5.09. The van der Waals surface area contributed by atoms with E-state index in [1.54, 1.807) is 0 Å². The Kier molecular flexibility index (Phi) is 3.18. The van der Waals surface area contributed by atoms with Gasteiger partial charge in [-0.1, -0.05) is 0 Å². The fourth-order valence-corrected chi connectivity index (χ4v) is 3.98. The molecule has 0 N–H and O–H groups in total. The fraction of sp³-hybridized carbons (Fsp3) is 1.00. The summed E-state index contributed by atoms with van der Waals surface area (Å²) in [7, 11) is 0. The molecule has 0 aliphatic carbocycles. The number of fused-ring (bicyclic) bond motifs is 3. The summed E-state index contributed by atoms with van der Waals surface area (Å²) in [5, 5.41) is 0. The van der Waals surface area contributed by atoms with E-state index in [0.717, 1.165) is 13.2 Å². The van der Waals surface area contributed by atoms with Crippen LogP contribution in [0.5, 0.6) is 0 Å². The molecule has 0 spiro atoms. The summed E-state index contributed by atoms with van der Waals surface area (Å²) in [5.41, 5.74) is 0.309. The zero-order valence-electron chi connectivity index (χ0n) is 11.2. The number of hydrogen-bond donors (Lipinski definition) is 0. The lowest BCUT2D eigenvalue weighted by Gasteiger charge is -2.36. The molecule has 98 valence electrons. The lowest BCUT2D eigenvalue weighted by atomic mass is 9.93. The van der Waals surface area contributed by atoms with Gasteiger partial charge in [0.2, 0.25) is 0 Å². The summed E-state index contributed by atoms with van der Waals surface area (Å²) in [6.07, 6.45) is 7.23. The van der Waals surface area contributed by atoms with Crippen LogP contribution in [0.25, 0.3) is 0 Å². The van der Waals surface area contributed by atoms with Gasteiger partial charge in [0.1, 0.15) is 0 Å². The Morgan fingerprint density at radius 2 is 2.29 bits per heavy atom. The molecule has 3 heterocycles. The van der Waals surface area contributed by atoms with Gasteiger partial charge in [-0.25, -0.2) is 0 Å². The number of hydrogen-bond acceptors (Lipinski definition) is 3. The van der Waals surface area contributed by atoms with Crippen LogP contribution < -0.4 is 0 Å². The van der Waals surface area contributed by atoms with Crippen molar-refractivity contribution >= 4 is 0 Å². The minimum atomic E-state index is 0.309. The Hall–Kier alpha value is -0.120. The van der Waals surface area contributed by atoms with E-state index < -0.39 is 0 Å². The van der Waals surface area contributed by atoms with Gasteiger partial charge in [-0.15, -0.1) is 0 Å². The molecule has 0 amide bonds. The highest BCUT2D eigenvalue weighted by Gasteiger charge is 2.54. The van der Waals surface area contributed by atoms with Crippen LogP contribution >= 0.6 is 0 Å². The molecule has 0 aromatic rings. The second-order valence-corrected chi connectivity index (χ2v) is 6.20. The van der Waals surface area contributed by atoms with Crippen molar-refractivity contribution in [3.63, 3.8) is 0 Å². The molecule has 0 radical (unpaired) electrons. The van der Waals surface area contributed by atoms with Gasteiger partial charge in [-0.05, 0) is 52.5 Å². The Morgan fingerprint density at radius 1 is 1.41 bits per heavy atom. The molecule has 3 nitrogen and oxygen atoms in total. The van der Waals surface area contributed by atoms with Crippen molar-refractivity contribution in [3.8, 4) is 0 Å². The highest BCUT2D eigenvalue weighted by atomic mass is 16.5. The van der Waals surface area contributed by atoms with Crippen molar-refractivity contribution in [2.24, 2.45) is 0 Å². The standard InChI is InChI=1S/C14H25NO2/c1-11(2)17-10-14-6-4-7-15(14)12-5-3-8-16-13(12)9-14/h11-13H,3-10H2,1-2H3. The number of ether oxygens (including phenoxy) is 2. The average molecular weight is 239 g/mol. The van der Waals surface area contributed by atoms with Crippen LogP contribution in [-0.4, -0.2) is 48.4 Å². The lowest BCUT2D eigenvalue weighted by Crippen LogP contribution is -2.47. The Morgan fingerprint density at radius 3 is 3.12 bits per heavy atom. The largest absolute Gasteiger partial charge is 0.377 e. The van der Waals surface area contributed by atoms with Gasteiger partial charge >= 0.3 is 0 Å². The molecule has 3 aliphatic rings. The van der Waals surface area contributed by atoms with Gasteiger partial charge < -0.3 is 9.47 Å². The Balaban J connectivity index is 1.73. The second-order valence-electron chi connectivity index (χ2n) is 6.20. The van der Waals surface area contributed by atoms with Crippen LogP contribution in [-0.2, 0) is 9.47 Å². The summed E-state index contributed by atoms with van der Waals surface area (Å²) < 4.78 is 11.9. The third-order valence-electron chi connectivity index (χ3n) is 4.72. The van der Waals surface area contributed by atoms with E-state index in [2.05, 4.69) is 18.7 Å². The molecule has 3 aliphatic heterocycles. The van der Waals surface area contributed by atoms with E-state index in [1.807, 2.05) is 0 Å². The van der Waals surface area contributed by atoms with Crippen LogP contribution in [0.1, 0.15) is 46.0 Å². The minimum Gasteiger partial charge on any atom is -0.377 e. The SMILES string of the molecule is CC(C)OCC12CCCN1C1CCCOC1C2. The third-order valence-corrected chi connectivity index (χ3v) is 4.72. The van der Waals surface area contributed by atoms with E-state index in [9.17, 15) is 0 Å². The summed E-state index contributed by atoms with van der Waals surface area (Å²) >= 11 is 0. The maximum Gasteiger partial charge on any atom is 0.0748 e. The van der Waals surface area contributed by atoms with Crippen molar-refractivity contribution in [1.82, 2.24) is 4.90 Å². The number of nitrogens with zero attached hydrogens (tertiary/aromatic N) is 1. The van der Waals surface area contributed by atoms with Crippen LogP contribution in [0.4, 0.5) is 0 Å². The van der Waals surface area contributed by atoms with E-state index in [-0.39, 0.29) is 0 Å². The lowest BCUT2D eigenvalue weighted by molar-refractivity contribution is -0.0186. The first kappa shape index (κ1) is 11.9. The van der Waals surface area contributed by atoms with Crippen molar-refractivity contribution < 1.29 is 9.47 Å². The predicted molar refractivity (Wildman–Crippen MR) is 67.1 cm³/mol. The molecular weight excluding hydrogens is 214 g/mol. The van der Waals surface area contributed by atoms with Crippen LogP contribution in [0.3, 0.4) is 0 Å². The molecule has 0 bridgehead atoms. The summed E-state index contributed by atoms with van der Waals surface area (Å²) in [4.78, 5) is 2.72. The quantitative estimate of drug-likeness (QED) is 0.753. The normalized spacial score (nSPS) is 41.8. The van der Waals surface area contributed by atoms with Gasteiger partial charge in [0, 0.05) is 18.2 Å². The van der Waals surface area contributed by atoms with Gasteiger partial charge in [0.15, 0.2) is 0 Å². The van der Waals surface area contributed by atoms with E-state index in [1.165, 1.54) is 38.6 Å². The van der Waals surface area contributed by atoms with Crippen LogP contribution in [0.2, 0.25) is 0 Å². The maximum atomic E-state index is 5.97. The van der Waals surface area contributed by atoms with Gasteiger partial charge in [-0.2, -0.15) is 0 Å². The van der Waals surface area contributed by atoms with Crippen molar-refractivity contribution in [1.29, 1.82) is 0 Å². The molecule has 0 aromatic carbocycles. The number of rotatable bonds is 3. The Bertz CT molecular complexity index is 281. The van der Waals surface area contributed by atoms with E-state index in [4.69, 9.17) is 9.47 Å². The van der Waals surface area contributed by atoms with Crippen LogP contribution in [0.15, 0.2) is 0 Å². The topological polar surface area (TPSA) is 21.7 Å². The average Bonchev–Trinajstić information content (AvgIpc) is 2.82. The van der Waals surface area contributed by atoms with Crippen molar-refractivity contribution in [2.75, 3.05) is 19.8 Å². The van der Waals surface area contributed by atoms with Crippen molar-refractivity contribution in [3.05, 3.63) is 0 Å². The molecule has 3 unspecified atom stereocenters. The van der Waals surface area contributed by atoms with Crippen LogP contribution in [0, 0.1) is 0 Å². The van der Waals surface area contributed by atoms with Gasteiger partial charge in [0.05, 0.1) is 18.8 Å². The van der Waals surface area contributed by atoms with E-state index in [0.29, 0.717) is 23.8 Å². The van der Waals surface area contributed by atoms with Crippen molar-refractivity contribution in [2.45, 2.75) is 69.7 Å². The zero-order valence-corrected chi connectivity index (χ0v) is 11.2. The van der Waals surface area contributed by atoms with Gasteiger partial charge in [0.25, 0.3) is 0 Å². The maximum absolute atomic E-state index is 5.97. The molecule has 0 aromatic heterocycles. The first-order valence-electron chi connectivity index (χ1n) is 7.21. The first-order chi connectivity index (χ1) is 8.21. The summed E-state index contributed by atoms with van der Waals surface area (Å²) in [5.74, 6) is 0. The molecule has 17 heavy (non-hydrogen) atoms. The highest BCUT2D eigenvalue weighted by Crippen LogP contribution is 2.46. The molecule has 3 rings (SSSR count). The smallest absolute Gasteiger partial charge is 0.0748 e. The molecule has 3 atom stereocenters.